The molecule has 0 aliphatic carbocycles. The molecule has 382 valence electrons. The number of hydrogen-bond donors (Lipinski definition) is 4. The van der Waals surface area contributed by atoms with Crippen molar-refractivity contribution in [3.05, 3.63) is 116 Å². The second-order valence-corrected chi connectivity index (χ2v) is 19.3. The van der Waals surface area contributed by atoms with Crippen molar-refractivity contribution in [3.8, 4) is 11.1 Å². The number of ether oxygens (including phenoxy) is 2. The Bertz CT molecular complexity index is 2720. The number of aromatic nitrogens is 1. The minimum atomic E-state index is -1.03. The maximum Gasteiger partial charge on any atom is 0.264 e. The highest BCUT2D eigenvalue weighted by atomic mass is 16.5. The molecule has 5 heterocycles. The van der Waals surface area contributed by atoms with E-state index >= 15 is 0 Å². The van der Waals surface area contributed by atoms with Crippen LogP contribution in [0, 0.1) is 20.8 Å². The molecule has 4 N–H and O–H groups in total. The van der Waals surface area contributed by atoms with Gasteiger partial charge in [0.2, 0.25) is 11.8 Å². The third kappa shape index (κ3) is 12.2. The van der Waals surface area contributed by atoms with Crippen molar-refractivity contribution in [1.82, 2.24) is 30.3 Å². The van der Waals surface area contributed by atoms with Crippen LogP contribution in [0.15, 0.2) is 65.5 Å². The molecule has 4 aromatic rings. The van der Waals surface area contributed by atoms with E-state index in [9.17, 15) is 33.6 Å². The van der Waals surface area contributed by atoms with E-state index in [0.717, 1.165) is 104 Å². The lowest BCUT2D eigenvalue weighted by Crippen LogP contribution is -2.54. The van der Waals surface area contributed by atoms with E-state index in [2.05, 4.69) is 72.9 Å². The first-order valence-corrected chi connectivity index (χ1v) is 25.5. The molecule has 0 radical (unpaired) electrons. The molecule has 72 heavy (non-hydrogen) atoms. The van der Waals surface area contributed by atoms with Gasteiger partial charge in [0.25, 0.3) is 23.3 Å². The summed E-state index contributed by atoms with van der Waals surface area (Å²) in [6.45, 7) is 16.6. The lowest BCUT2D eigenvalue weighted by atomic mass is 9.94. The van der Waals surface area contributed by atoms with Crippen molar-refractivity contribution in [2.75, 3.05) is 82.5 Å². The van der Waals surface area contributed by atoms with Crippen molar-refractivity contribution >= 4 is 46.7 Å². The van der Waals surface area contributed by atoms with Gasteiger partial charge < -0.3 is 34.9 Å². The fourth-order valence-corrected chi connectivity index (χ4v) is 10.5. The largest absolute Gasteiger partial charge is 0.382 e. The van der Waals surface area contributed by atoms with Gasteiger partial charge in [0, 0.05) is 119 Å². The maximum atomic E-state index is 14.0. The van der Waals surface area contributed by atoms with Crippen LogP contribution >= 0.6 is 0 Å². The zero-order valence-electron chi connectivity index (χ0n) is 42.0. The van der Waals surface area contributed by atoms with Gasteiger partial charge in [0.1, 0.15) is 11.8 Å². The minimum absolute atomic E-state index is 0.0523. The fraction of sp³-hybridized carbons (Fsp3) is 0.473. The molecule has 0 bridgehead atoms. The average Bonchev–Trinajstić information content (AvgIpc) is 3.62. The number of carbonyl (C=O) groups excluding carboxylic acids is 6. The third-order valence-corrected chi connectivity index (χ3v) is 14.5. The number of Topliss-reactive ketones (excluding diaryl/α,β-unsaturated/α-hetero) is 1. The molecule has 3 saturated heterocycles. The van der Waals surface area contributed by atoms with E-state index in [4.69, 9.17) is 9.47 Å². The van der Waals surface area contributed by atoms with Gasteiger partial charge in [-0.15, -0.1) is 0 Å². The zero-order chi connectivity index (χ0) is 50.9. The summed E-state index contributed by atoms with van der Waals surface area (Å²) < 4.78 is 11.4. The van der Waals surface area contributed by atoms with E-state index in [-0.39, 0.29) is 61.0 Å². The van der Waals surface area contributed by atoms with E-state index in [0.29, 0.717) is 55.5 Å². The number of piperazine rings is 1. The summed E-state index contributed by atoms with van der Waals surface area (Å²) in [5.74, 6) is -2.28. The highest BCUT2D eigenvalue weighted by Gasteiger charge is 2.45. The second-order valence-electron chi connectivity index (χ2n) is 19.3. The minimum Gasteiger partial charge on any atom is -0.382 e. The van der Waals surface area contributed by atoms with Crippen molar-refractivity contribution in [3.63, 3.8) is 0 Å². The predicted molar refractivity (Wildman–Crippen MR) is 274 cm³/mol. The summed E-state index contributed by atoms with van der Waals surface area (Å²) in [4.78, 5) is 101. The van der Waals surface area contributed by atoms with Crippen LogP contribution in [-0.4, -0.2) is 139 Å². The molecule has 1 atom stereocenters. The molecule has 17 heteroatoms. The van der Waals surface area contributed by atoms with Gasteiger partial charge in [-0.05, 0) is 118 Å². The Hall–Kier alpha value is -6.53. The van der Waals surface area contributed by atoms with E-state index in [1.165, 1.54) is 5.56 Å². The lowest BCUT2D eigenvalue weighted by Gasteiger charge is -2.37. The molecule has 8 rings (SSSR count). The number of imide groups is 2. The molecule has 4 aliphatic rings. The van der Waals surface area contributed by atoms with Crippen LogP contribution in [0.4, 0.5) is 11.4 Å². The Balaban J connectivity index is 0.768. The monoisotopic (exact) mass is 985 g/mol. The predicted octanol–water partition coefficient (Wildman–Crippen LogP) is 5.29. The summed E-state index contributed by atoms with van der Waals surface area (Å²) in [6.07, 6.45) is 3.57. The second kappa shape index (κ2) is 23.8. The number of benzene rings is 3. The summed E-state index contributed by atoms with van der Waals surface area (Å²) in [6, 6.07) is 18.9. The number of rotatable bonds is 21. The number of anilines is 2. The van der Waals surface area contributed by atoms with Crippen molar-refractivity contribution in [2.24, 2.45) is 0 Å². The van der Waals surface area contributed by atoms with Gasteiger partial charge in [-0.1, -0.05) is 30.3 Å². The summed E-state index contributed by atoms with van der Waals surface area (Å²) in [5.41, 5.74) is 8.59. The quantitative estimate of drug-likeness (QED) is 0.0621. The number of pyridine rings is 1. The third-order valence-electron chi connectivity index (χ3n) is 14.5. The van der Waals surface area contributed by atoms with Crippen molar-refractivity contribution in [2.45, 2.75) is 97.8 Å². The van der Waals surface area contributed by atoms with E-state index in [1.54, 1.807) is 18.2 Å². The molecule has 4 aliphatic heterocycles. The number of carbonyl (C=O) groups is 6. The van der Waals surface area contributed by atoms with Crippen molar-refractivity contribution in [1.29, 1.82) is 0 Å². The number of hydrogen-bond acceptors (Lipinski definition) is 13. The van der Waals surface area contributed by atoms with Crippen LogP contribution in [0.2, 0.25) is 0 Å². The molecule has 0 spiro atoms. The molecule has 3 aromatic carbocycles. The Kier molecular flexibility index (Phi) is 17.1. The SMILES string of the molecule is CCN(c1cc(-c2ccc(CN3CCN(CCCC(=O)CCOCCNc4cccc5c4C(=O)N(C4CCC(=O)NC4=O)C5=O)CC3)cc2)cc(C(=O)NCc2c(C)cc(C)[nH]c2=O)c1C)C1CCOCC1. The van der Waals surface area contributed by atoms with Crippen LogP contribution in [0.3, 0.4) is 0 Å². The zero-order valence-corrected chi connectivity index (χ0v) is 42.0. The first-order valence-electron chi connectivity index (χ1n) is 25.5. The number of aryl methyl sites for hydroxylation is 2. The first-order chi connectivity index (χ1) is 34.8. The van der Waals surface area contributed by atoms with Gasteiger partial charge >= 0.3 is 0 Å². The Morgan fingerprint density at radius 2 is 1.60 bits per heavy atom. The lowest BCUT2D eigenvalue weighted by molar-refractivity contribution is -0.136. The smallest absolute Gasteiger partial charge is 0.264 e. The molecular weight excluding hydrogens is 917 g/mol. The summed E-state index contributed by atoms with van der Waals surface area (Å²) >= 11 is 0. The average molecular weight is 985 g/mol. The molecule has 0 saturated carbocycles. The van der Waals surface area contributed by atoms with Crippen LogP contribution in [-0.2, 0) is 36.9 Å². The molecule has 17 nitrogen and oxygen atoms in total. The van der Waals surface area contributed by atoms with Crippen LogP contribution in [0.5, 0.6) is 0 Å². The van der Waals surface area contributed by atoms with Gasteiger partial charge in [-0.2, -0.15) is 0 Å². The molecule has 1 aromatic heterocycles. The number of H-pyrrole nitrogens is 1. The van der Waals surface area contributed by atoms with Gasteiger partial charge in [-0.25, -0.2) is 0 Å². The Labute approximate surface area is 421 Å². The summed E-state index contributed by atoms with van der Waals surface area (Å²) in [7, 11) is 0. The normalized spacial score (nSPS) is 17.8. The fourth-order valence-electron chi connectivity index (χ4n) is 10.5. The first kappa shape index (κ1) is 51.8. The highest BCUT2D eigenvalue weighted by molar-refractivity contribution is 6.25. The van der Waals surface area contributed by atoms with Crippen LogP contribution in [0.25, 0.3) is 11.1 Å². The van der Waals surface area contributed by atoms with E-state index in [1.807, 2.05) is 32.9 Å². The number of piperidine rings is 1. The van der Waals surface area contributed by atoms with Crippen LogP contribution in [0.1, 0.15) is 111 Å². The number of ketones is 1. The number of nitrogens with one attached hydrogen (secondary N) is 4. The van der Waals surface area contributed by atoms with E-state index < -0.39 is 29.7 Å². The number of aromatic amines is 1. The molecule has 3 fully saturated rings. The van der Waals surface area contributed by atoms with Gasteiger partial charge in [-0.3, -0.25) is 48.7 Å². The van der Waals surface area contributed by atoms with Gasteiger partial charge in [0.05, 0.1) is 24.3 Å². The highest BCUT2D eigenvalue weighted by Crippen LogP contribution is 2.35. The summed E-state index contributed by atoms with van der Waals surface area (Å²) in [5, 5.41) is 8.42. The molecular formula is C55H68N8O9. The number of amides is 5. The topological polar surface area (TPSA) is 203 Å². The molecule has 1 unspecified atom stereocenters. The van der Waals surface area contributed by atoms with Crippen molar-refractivity contribution < 1.29 is 38.2 Å². The Morgan fingerprint density at radius 1 is 0.847 bits per heavy atom. The van der Waals surface area contributed by atoms with Gasteiger partial charge in [0.15, 0.2) is 0 Å². The number of fused-ring (bicyclic) bond motifs is 1. The van der Waals surface area contributed by atoms with Crippen LogP contribution < -0.4 is 26.4 Å². The maximum absolute atomic E-state index is 14.0. The number of nitrogens with zero attached hydrogens (tertiary/aromatic N) is 4. The standard InChI is InChI=1S/C55H68N8O9/c1-5-62(41-17-26-71-27-18-41)48-32-40(31-44(37(48)4)51(66)57-33-45-35(2)30-36(3)58-52(45)67)39-13-11-38(12-14-39)34-61-24-22-60(23-25-61)21-7-8-42(64)19-28-72-29-20-56-46-10-6-9-43-50(46)55(70)63(54(43)69)47-15-16-49(65)59-53(47)68/h6,9-14,30-32,41,47,56H,5,7-8,15-29,33-34H2,1-4H3,(H,57,66)(H,58,67)(H,59,65,68). The Morgan fingerprint density at radius 3 is 2.32 bits per heavy atom. The molecule has 5 amide bonds.